The minimum Gasteiger partial charge on any atom is -0.377 e. The molecule has 1 aromatic heterocycles. The lowest BCUT2D eigenvalue weighted by molar-refractivity contribution is 0.0242. The zero-order valence-electron chi connectivity index (χ0n) is 13.4. The number of urea groups is 1. The van der Waals surface area contributed by atoms with Gasteiger partial charge in [-0.05, 0) is 34.6 Å². The van der Waals surface area contributed by atoms with Gasteiger partial charge in [0.15, 0.2) is 0 Å². The van der Waals surface area contributed by atoms with E-state index in [9.17, 15) is 4.79 Å². The van der Waals surface area contributed by atoms with Gasteiger partial charge in [-0.3, -0.25) is 0 Å². The Labute approximate surface area is 125 Å². The SMILES string of the molecule is COC(C)(C)CNC(=O)N(C)C(C)c1nc(C)sc1C. The smallest absolute Gasteiger partial charge is 0.317 e. The number of thiazole rings is 1. The number of nitrogens with one attached hydrogen (secondary N) is 1. The summed E-state index contributed by atoms with van der Waals surface area (Å²) in [5.74, 6) is 0. The number of hydrogen-bond donors (Lipinski definition) is 1. The number of amides is 2. The summed E-state index contributed by atoms with van der Waals surface area (Å²) in [6, 6.07) is -0.168. The first-order valence-electron chi connectivity index (χ1n) is 6.67. The molecule has 0 aromatic carbocycles. The van der Waals surface area contributed by atoms with E-state index < -0.39 is 0 Å². The summed E-state index contributed by atoms with van der Waals surface area (Å²) in [7, 11) is 3.42. The molecule has 1 N–H and O–H groups in total. The molecule has 0 aliphatic rings. The maximum atomic E-state index is 12.2. The number of aryl methyl sites for hydroxylation is 2. The molecule has 1 rings (SSSR count). The minimum atomic E-state index is -0.368. The van der Waals surface area contributed by atoms with Gasteiger partial charge in [0.2, 0.25) is 0 Å². The van der Waals surface area contributed by atoms with E-state index >= 15 is 0 Å². The monoisotopic (exact) mass is 299 g/mol. The van der Waals surface area contributed by atoms with E-state index in [1.807, 2.05) is 34.6 Å². The Morgan fingerprint density at radius 2 is 2.10 bits per heavy atom. The van der Waals surface area contributed by atoms with E-state index in [-0.39, 0.29) is 17.7 Å². The first kappa shape index (κ1) is 16.9. The summed E-state index contributed by atoms with van der Waals surface area (Å²) in [6.45, 7) is 10.3. The summed E-state index contributed by atoms with van der Waals surface area (Å²) in [5.41, 5.74) is 0.600. The molecule has 20 heavy (non-hydrogen) atoms. The summed E-state index contributed by atoms with van der Waals surface area (Å²) in [6.07, 6.45) is 0. The number of hydrogen-bond acceptors (Lipinski definition) is 4. The molecule has 0 saturated carbocycles. The molecule has 1 unspecified atom stereocenters. The van der Waals surface area contributed by atoms with E-state index in [1.165, 1.54) is 0 Å². The molecular weight excluding hydrogens is 274 g/mol. The van der Waals surface area contributed by atoms with Crippen LogP contribution >= 0.6 is 11.3 Å². The molecule has 0 saturated heterocycles. The molecule has 2 amide bonds. The second kappa shape index (κ2) is 6.54. The van der Waals surface area contributed by atoms with Crippen LogP contribution in [0.3, 0.4) is 0 Å². The molecule has 1 aromatic rings. The van der Waals surface area contributed by atoms with Crippen molar-refractivity contribution in [3.05, 3.63) is 15.6 Å². The van der Waals surface area contributed by atoms with Gasteiger partial charge in [-0.15, -0.1) is 11.3 Å². The summed E-state index contributed by atoms with van der Waals surface area (Å²) in [5, 5.41) is 3.91. The maximum Gasteiger partial charge on any atom is 0.317 e. The molecule has 0 aliphatic carbocycles. The van der Waals surface area contributed by atoms with Crippen LogP contribution in [-0.2, 0) is 4.74 Å². The quantitative estimate of drug-likeness (QED) is 0.909. The van der Waals surface area contributed by atoms with Gasteiger partial charge in [0.1, 0.15) is 0 Å². The third-order valence-electron chi connectivity index (χ3n) is 3.45. The van der Waals surface area contributed by atoms with Crippen LogP contribution in [0.15, 0.2) is 0 Å². The first-order valence-corrected chi connectivity index (χ1v) is 7.49. The molecule has 0 bridgehead atoms. The van der Waals surface area contributed by atoms with E-state index in [4.69, 9.17) is 4.74 Å². The molecule has 5 nitrogen and oxygen atoms in total. The Morgan fingerprint density at radius 1 is 1.50 bits per heavy atom. The lowest BCUT2D eigenvalue weighted by Crippen LogP contribution is -2.45. The van der Waals surface area contributed by atoms with Crippen LogP contribution < -0.4 is 5.32 Å². The highest BCUT2D eigenvalue weighted by atomic mass is 32.1. The van der Waals surface area contributed by atoms with Crippen molar-refractivity contribution in [3.8, 4) is 0 Å². The third kappa shape index (κ3) is 4.18. The van der Waals surface area contributed by atoms with E-state index in [2.05, 4.69) is 10.3 Å². The molecule has 6 heteroatoms. The number of carbonyl (C=O) groups is 1. The van der Waals surface area contributed by atoms with Crippen LogP contribution in [0.2, 0.25) is 0 Å². The van der Waals surface area contributed by atoms with Gasteiger partial charge in [0, 0.05) is 25.6 Å². The van der Waals surface area contributed by atoms with Crippen LogP contribution in [0.25, 0.3) is 0 Å². The molecule has 1 heterocycles. The summed E-state index contributed by atoms with van der Waals surface area (Å²) >= 11 is 1.66. The second-order valence-corrected chi connectivity index (χ2v) is 6.99. The average Bonchev–Trinajstić information content (AvgIpc) is 2.73. The summed E-state index contributed by atoms with van der Waals surface area (Å²) < 4.78 is 5.29. The fourth-order valence-electron chi connectivity index (χ4n) is 1.78. The average molecular weight is 299 g/mol. The van der Waals surface area contributed by atoms with Crippen molar-refractivity contribution >= 4 is 17.4 Å². The zero-order chi connectivity index (χ0) is 15.5. The van der Waals surface area contributed by atoms with Crippen LogP contribution in [0.5, 0.6) is 0 Å². The molecule has 0 spiro atoms. The number of aromatic nitrogens is 1. The van der Waals surface area contributed by atoms with Crippen molar-refractivity contribution in [2.75, 3.05) is 20.7 Å². The highest BCUT2D eigenvalue weighted by Crippen LogP contribution is 2.25. The standard InChI is InChI=1S/C14H25N3O2S/c1-9(12-10(2)20-11(3)16-12)17(6)13(18)15-8-14(4,5)19-7/h9H,8H2,1-7H3,(H,15,18). The Kier molecular flexibility index (Phi) is 5.53. The van der Waals surface area contributed by atoms with E-state index in [0.717, 1.165) is 15.6 Å². The van der Waals surface area contributed by atoms with E-state index in [0.29, 0.717) is 6.54 Å². The molecule has 0 aliphatic heterocycles. The Bertz CT molecular complexity index is 471. The van der Waals surface area contributed by atoms with Crippen molar-refractivity contribution in [1.82, 2.24) is 15.2 Å². The molecule has 0 radical (unpaired) electrons. The molecule has 1 atom stereocenters. The highest BCUT2D eigenvalue weighted by Gasteiger charge is 2.23. The third-order valence-corrected chi connectivity index (χ3v) is 4.36. The van der Waals surface area contributed by atoms with Gasteiger partial charge >= 0.3 is 6.03 Å². The van der Waals surface area contributed by atoms with Crippen molar-refractivity contribution in [1.29, 1.82) is 0 Å². The van der Waals surface area contributed by atoms with Crippen LogP contribution in [0.4, 0.5) is 4.79 Å². The van der Waals surface area contributed by atoms with Gasteiger partial charge in [0.25, 0.3) is 0 Å². The van der Waals surface area contributed by atoms with Gasteiger partial charge < -0.3 is 15.0 Å². The van der Waals surface area contributed by atoms with Crippen molar-refractivity contribution in [2.24, 2.45) is 0 Å². The van der Waals surface area contributed by atoms with Crippen LogP contribution in [-0.4, -0.2) is 42.2 Å². The second-order valence-electron chi connectivity index (χ2n) is 5.58. The maximum absolute atomic E-state index is 12.2. The largest absolute Gasteiger partial charge is 0.377 e. The van der Waals surface area contributed by atoms with Gasteiger partial charge in [0.05, 0.1) is 22.3 Å². The first-order chi connectivity index (χ1) is 9.18. The van der Waals surface area contributed by atoms with Crippen LogP contribution in [0.1, 0.15) is 42.4 Å². The fraction of sp³-hybridized carbons (Fsp3) is 0.714. The number of rotatable bonds is 5. The van der Waals surface area contributed by atoms with Gasteiger partial charge in [-0.2, -0.15) is 0 Å². The predicted molar refractivity (Wildman–Crippen MR) is 82.3 cm³/mol. The number of carbonyl (C=O) groups excluding carboxylic acids is 1. The predicted octanol–water partition coefficient (Wildman–Crippen LogP) is 2.89. The Morgan fingerprint density at radius 3 is 2.55 bits per heavy atom. The Balaban J connectivity index is 2.67. The van der Waals surface area contributed by atoms with Crippen molar-refractivity contribution < 1.29 is 9.53 Å². The fourth-order valence-corrected chi connectivity index (χ4v) is 2.69. The number of methoxy groups -OCH3 is 1. The van der Waals surface area contributed by atoms with Crippen molar-refractivity contribution in [2.45, 2.75) is 46.3 Å². The highest BCUT2D eigenvalue weighted by molar-refractivity contribution is 7.11. The topological polar surface area (TPSA) is 54.5 Å². The van der Waals surface area contributed by atoms with Crippen LogP contribution in [0, 0.1) is 13.8 Å². The number of nitrogens with zero attached hydrogens (tertiary/aromatic N) is 2. The zero-order valence-corrected chi connectivity index (χ0v) is 14.2. The van der Waals surface area contributed by atoms with Gasteiger partial charge in [-0.25, -0.2) is 9.78 Å². The van der Waals surface area contributed by atoms with E-state index in [1.54, 1.807) is 30.4 Å². The summed E-state index contributed by atoms with van der Waals surface area (Å²) in [4.78, 5) is 19.5. The number of ether oxygens (including phenoxy) is 1. The molecular formula is C14H25N3O2S. The molecule has 0 fully saturated rings. The Hall–Kier alpha value is -1.14. The normalized spacial score (nSPS) is 13.2. The van der Waals surface area contributed by atoms with Gasteiger partial charge in [-0.1, -0.05) is 0 Å². The lowest BCUT2D eigenvalue weighted by atomic mass is 10.1. The molecule has 114 valence electrons. The minimum absolute atomic E-state index is 0.0504. The lowest BCUT2D eigenvalue weighted by Gasteiger charge is -2.28. The van der Waals surface area contributed by atoms with Crippen molar-refractivity contribution in [3.63, 3.8) is 0 Å².